The molecule has 1 aromatic carbocycles. The molecule has 210 valence electrons. The molecule has 0 saturated heterocycles. The number of phenolic OH excluding ortho intramolecular Hbond substituents is 1. The molecule has 1 rings (SSSR count). The standard InChI is InChI=1S/C33H60OS2/c1-4-6-8-10-12-14-16-18-20-22-24-35-28-31-26-30(3)27-32(33(31)34)29-36-25-23-21-19-17-15-13-11-9-7-5-2/h26-27,34H,4-25,28-29H2,1-3H3. The number of benzene rings is 1. The Labute approximate surface area is 234 Å². The lowest BCUT2D eigenvalue weighted by molar-refractivity contribution is 0.465. The molecule has 0 amide bonds. The molecule has 36 heavy (non-hydrogen) atoms. The fourth-order valence-corrected chi connectivity index (χ4v) is 6.89. The molecule has 1 N–H and O–H groups in total. The van der Waals surface area contributed by atoms with E-state index >= 15 is 0 Å². The predicted molar refractivity (Wildman–Crippen MR) is 169 cm³/mol. The number of phenols is 1. The second-order valence-electron chi connectivity index (χ2n) is 10.9. The average molecular weight is 537 g/mol. The fraction of sp³-hybridized carbons (Fsp3) is 0.818. The van der Waals surface area contributed by atoms with Gasteiger partial charge in [-0.3, -0.25) is 0 Å². The van der Waals surface area contributed by atoms with Crippen molar-refractivity contribution in [1.82, 2.24) is 0 Å². The largest absolute Gasteiger partial charge is 0.507 e. The number of hydrogen-bond donors (Lipinski definition) is 1. The van der Waals surface area contributed by atoms with Gasteiger partial charge in [0.25, 0.3) is 0 Å². The SMILES string of the molecule is CCCCCCCCCCCCSCc1cc(C)cc(CSCCCCCCCCCCCC)c1O. The van der Waals surface area contributed by atoms with Crippen LogP contribution in [0.25, 0.3) is 0 Å². The first-order valence-electron chi connectivity index (χ1n) is 15.7. The summed E-state index contributed by atoms with van der Waals surface area (Å²) in [6.45, 7) is 6.75. The topological polar surface area (TPSA) is 20.2 Å². The van der Waals surface area contributed by atoms with E-state index < -0.39 is 0 Å². The van der Waals surface area contributed by atoms with Crippen LogP contribution in [-0.4, -0.2) is 16.6 Å². The van der Waals surface area contributed by atoms with Gasteiger partial charge in [-0.05, 0) is 31.3 Å². The number of thioether (sulfide) groups is 2. The van der Waals surface area contributed by atoms with Gasteiger partial charge < -0.3 is 5.11 Å². The van der Waals surface area contributed by atoms with E-state index in [-0.39, 0.29) is 0 Å². The molecule has 3 heteroatoms. The normalized spacial score (nSPS) is 11.4. The van der Waals surface area contributed by atoms with Gasteiger partial charge in [0.2, 0.25) is 0 Å². The van der Waals surface area contributed by atoms with Crippen molar-refractivity contribution in [3.63, 3.8) is 0 Å². The van der Waals surface area contributed by atoms with Crippen molar-refractivity contribution in [2.75, 3.05) is 11.5 Å². The number of unbranched alkanes of at least 4 members (excludes halogenated alkanes) is 18. The summed E-state index contributed by atoms with van der Waals surface area (Å²) in [6, 6.07) is 4.38. The molecule has 0 saturated carbocycles. The molecule has 0 radical (unpaired) electrons. The summed E-state index contributed by atoms with van der Waals surface area (Å²) in [5.41, 5.74) is 3.57. The maximum Gasteiger partial charge on any atom is 0.123 e. The second kappa shape index (κ2) is 25.0. The van der Waals surface area contributed by atoms with Crippen LogP contribution < -0.4 is 0 Å². The minimum atomic E-state index is 0.562. The summed E-state index contributed by atoms with van der Waals surface area (Å²) in [5, 5.41) is 10.8. The van der Waals surface area contributed by atoms with Gasteiger partial charge in [-0.25, -0.2) is 0 Å². The number of hydrogen-bond acceptors (Lipinski definition) is 3. The van der Waals surface area contributed by atoms with Crippen LogP contribution in [0, 0.1) is 6.92 Å². The zero-order valence-corrected chi connectivity index (χ0v) is 26.0. The van der Waals surface area contributed by atoms with Crippen molar-refractivity contribution in [1.29, 1.82) is 0 Å². The van der Waals surface area contributed by atoms with E-state index in [1.54, 1.807) is 0 Å². The zero-order chi connectivity index (χ0) is 26.1. The Balaban J connectivity index is 2.08. The summed E-state index contributed by atoms with van der Waals surface area (Å²) in [6.07, 6.45) is 27.9. The Morgan fingerprint density at radius 3 is 1.14 bits per heavy atom. The quantitative estimate of drug-likeness (QED) is 0.119. The van der Waals surface area contributed by atoms with E-state index in [1.807, 2.05) is 23.5 Å². The molecule has 0 aliphatic rings. The van der Waals surface area contributed by atoms with E-state index in [0.29, 0.717) is 5.75 Å². The molecule has 1 nitrogen and oxygen atoms in total. The molecule has 0 fully saturated rings. The van der Waals surface area contributed by atoms with Crippen LogP contribution in [0.5, 0.6) is 5.75 Å². The summed E-state index contributed by atoms with van der Waals surface area (Å²) in [5.74, 6) is 4.88. The van der Waals surface area contributed by atoms with Gasteiger partial charge in [-0.2, -0.15) is 23.5 Å². The zero-order valence-electron chi connectivity index (χ0n) is 24.4. The average Bonchev–Trinajstić information content (AvgIpc) is 2.87. The molecule has 0 heterocycles. The van der Waals surface area contributed by atoms with E-state index in [9.17, 15) is 5.11 Å². The lowest BCUT2D eigenvalue weighted by Crippen LogP contribution is -1.93. The lowest BCUT2D eigenvalue weighted by atomic mass is 10.1. The highest BCUT2D eigenvalue weighted by Crippen LogP contribution is 2.31. The van der Waals surface area contributed by atoms with Crippen LogP contribution in [0.4, 0.5) is 0 Å². The maximum atomic E-state index is 10.8. The van der Waals surface area contributed by atoms with Crippen molar-refractivity contribution in [2.24, 2.45) is 0 Å². The van der Waals surface area contributed by atoms with Gasteiger partial charge in [0.15, 0.2) is 0 Å². The number of rotatable bonds is 26. The monoisotopic (exact) mass is 536 g/mol. The minimum absolute atomic E-state index is 0.562. The Hall–Kier alpha value is -0.280. The molecule has 0 aliphatic carbocycles. The molecule has 0 bridgehead atoms. The van der Waals surface area contributed by atoms with Gasteiger partial charge in [0.05, 0.1) is 0 Å². The van der Waals surface area contributed by atoms with Crippen molar-refractivity contribution < 1.29 is 5.11 Å². The summed E-state index contributed by atoms with van der Waals surface area (Å²) in [7, 11) is 0. The van der Waals surface area contributed by atoms with Gasteiger partial charge in [0.1, 0.15) is 5.75 Å². The highest BCUT2D eigenvalue weighted by Gasteiger charge is 2.09. The maximum absolute atomic E-state index is 10.8. The molecule has 0 unspecified atom stereocenters. The molecule has 0 atom stereocenters. The van der Waals surface area contributed by atoms with E-state index in [2.05, 4.69) is 32.9 Å². The minimum Gasteiger partial charge on any atom is -0.507 e. The third-order valence-electron chi connectivity index (χ3n) is 7.21. The van der Waals surface area contributed by atoms with Crippen LogP contribution in [0.3, 0.4) is 0 Å². The van der Waals surface area contributed by atoms with Crippen LogP contribution in [0.15, 0.2) is 12.1 Å². The first-order chi connectivity index (χ1) is 17.7. The van der Waals surface area contributed by atoms with Gasteiger partial charge in [0, 0.05) is 22.6 Å². The number of aryl methyl sites for hydroxylation is 1. The smallest absolute Gasteiger partial charge is 0.123 e. The number of aromatic hydroxyl groups is 1. The molecular formula is C33H60OS2. The molecule has 0 aromatic heterocycles. The van der Waals surface area contributed by atoms with Crippen LogP contribution in [0.1, 0.15) is 159 Å². The highest BCUT2D eigenvalue weighted by molar-refractivity contribution is 7.98. The van der Waals surface area contributed by atoms with Gasteiger partial charge in [-0.1, -0.05) is 147 Å². The van der Waals surface area contributed by atoms with Gasteiger partial charge >= 0.3 is 0 Å². The summed E-state index contributed by atoms with van der Waals surface area (Å²) < 4.78 is 0. The third-order valence-corrected chi connectivity index (χ3v) is 9.40. The molecule has 0 spiro atoms. The molecular weight excluding hydrogens is 476 g/mol. The Morgan fingerprint density at radius 1 is 0.500 bits per heavy atom. The molecule has 1 aromatic rings. The Bertz CT molecular complexity index is 567. The first kappa shape index (κ1) is 33.7. The molecule has 0 aliphatic heterocycles. The van der Waals surface area contributed by atoms with Crippen molar-refractivity contribution in [2.45, 2.75) is 161 Å². The predicted octanol–water partition coefficient (Wildman–Crippen LogP) is 12.0. The Morgan fingerprint density at radius 2 is 0.806 bits per heavy atom. The van der Waals surface area contributed by atoms with Gasteiger partial charge in [-0.15, -0.1) is 0 Å². The fourth-order valence-electron chi connectivity index (χ4n) is 4.90. The van der Waals surface area contributed by atoms with E-state index in [4.69, 9.17) is 0 Å². The van der Waals surface area contributed by atoms with Crippen molar-refractivity contribution in [3.05, 3.63) is 28.8 Å². The third kappa shape index (κ3) is 18.9. The summed E-state index contributed by atoms with van der Waals surface area (Å²) >= 11 is 3.99. The summed E-state index contributed by atoms with van der Waals surface area (Å²) in [4.78, 5) is 0. The van der Waals surface area contributed by atoms with Crippen LogP contribution in [0.2, 0.25) is 0 Å². The highest BCUT2D eigenvalue weighted by atomic mass is 32.2. The van der Waals surface area contributed by atoms with Crippen LogP contribution >= 0.6 is 23.5 Å². The van der Waals surface area contributed by atoms with Crippen LogP contribution in [-0.2, 0) is 11.5 Å². The lowest BCUT2D eigenvalue weighted by Gasteiger charge is -2.12. The second-order valence-corrected chi connectivity index (χ2v) is 13.1. The van der Waals surface area contributed by atoms with Crippen molar-refractivity contribution >= 4 is 23.5 Å². The Kier molecular flexibility index (Phi) is 23.5. The first-order valence-corrected chi connectivity index (χ1v) is 18.0. The van der Waals surface area contributed by atoms with E-state index in [1.165, 1.54) is 145 Å². The van der Waals surface area contributed by atoms with E-state index in [0.717, 1.165) is 22.6 Å². The van der Waals surface area contributed by atoms with Crippen molar-refractivity contribution in [3.8, 4) is 5.75 Å².